The van der Waals surface area contributed by atoms with E-state index in [0.29, 0.717) is 12.0 Å². The molecule has 0 radical (unpaired) electrons. The smallest absolute Gasteiger partial charge is 0.336 e. The highest BCUT2D eigenvalue weighted by molar-refractivity contribution is 5.75. The molecule has 0 bridgehead atoms. The average molecular weight is 318 g/mol. The molecule has 2 rings (SSSR count). The minimum Gasteiger partial charge on any atom is -0.481 e. The lowest BCUT2D eigenvalue weighted by molar-refractivity contribution is -0.137. The van der Waals surface area contributed by atoms with Crippen molar-refractivity contribution in [2.45, 2.75) is 58.3 Å². The Morgan fingerprint density at radius 1 is 0.957 bits per heavy atom. The van der Waals surface area contributed by atoms with Crippen LogP contribution in [-0.4, -0.2) is 11.1 Å². The summed E-state index contributed by atoms with van der Waals surface area (Å²) >= 11 is 0. The molecule has 126 valence electrons. The Morgan fingerprint density at radius 2 is 1.61 bits per heavy atom. The van der Waals surface area contributed by atoms with Gasteiger partial charge in [-0.05, 0) is 18.6 Å². The number of benzene rings is 1. The Morgan fingerprint density at radius 3 is 2.30 bits per heavy atom. The number of hydrogen-bond acceptors (Lipinski definition) is 3. The van der Waals surface area contributed by atoms with Gasteiger partial charge < -0.3 is 9.52 Å². The SMILES string of the molecule is CCCCCCCCCC(=O)O.O=c1ccc2ccccc2o1. The first-order chi connectivity index (χ1) is 11.1. The van der Waals surface area contributed by atoms with Gasteiger partial charge >= 0.3 is 11.6 Å². The fraction of sp³-hybridized carbons (Fsp3) is 0.474. The zero-order valence-electron chi connectivity index (χ0n) is 13.8. The van der Waals surface area contributed by atoms with E-state index in [4.69, 9.17) is 9.52 Å². The van der Waals surface area contributed by atoms with Gasteiger partial charge in [-0.15, -0.1) is 0 Å². The maximum absolute atomic E-state index is 10.7. The van der Waals surface area contributed by atoms with E-state index in [1.54, 1.807) is 12.1 Å². The summed E-state index contributed by atoms with van der Waals surface area (Å²) in [5.41, 5.74) is 0.337. The number of unbranched alkanes of at least 4 members (excludes halogenated alkanes) is 6. The first-order valence-corrected chi connectivity index (χ1v) is 8.34. The zero-order valence-corrected chi connectivity index (χ0v) is 13.8. The number of carbonyl (C=O) groups is 1. The molecular weight excluding hydrogens is 292 g/mol. The molecular formula is C19H26O4. The van der Waals surface area contributed by atoms with Crippen LogP contribution in [0.3, 0.4) is 0 Å². The van der Waals surface area contributed by atoms with Crippen LogP contribution in [0.15, 0.2) is 45.6 Å². The predicted molar refractivity (Wildman–Crippen MR) is 92.7 cm³/mol. The quantitative estimate of drug-likeness (QED) is 0.549. The Bertz CT molecular complexity index is 630. The van der Waals surface area contributed by atoms with Gasteiger partial charge in [0.2, 0.25) is 0 Å². The molecule has 1 N–H and O–H groups in total. The van der Waals surface area contributed by atoms with E-state index < -0.39 is 5.97 Å². The number of carboxylic acids is 1. The van der Waals surface area contributed by atoms with Crippen molar-refractivity contribution in [1.29, 1.82) is 0 Å². The van der Waals surface area contributed by atoms with Crippen LogP contribution in [0.25, 0.3) is 11.0 Å². The van der Waals surface area contributed by atoms with E-state index in [2.05, 4.69) is 6.92 Å². The molecule has 4 heteroatoms. The highest BCUT2D eigenvalue weighted by Gasteiger charge is 1.95. The Labute approximate surface area is 137 Å². The summed E-state index contributed by atoms with van der Waals surface area (Å²) < 4.78 is 4.91. The number of rotatable bonds is 8. The summed E-state index contributed by atoms with van der Waals surface area (Å²) in [6.07, 6.45) is 8.64. The third kappa shape index (κ3) is 8.81. The second-order valence-corrected chi connectivity index (χ2v) is 5.56. The summed E-state index contributed by atoms with van der Waals surface area (Å²) in [6.45, 7) is 2.20. The average Bonchev–Trinajstić information content (AvgIpc) is 2.54. The van der Waals surface area contributed by atoms with E-state index in [1.165, 1.54) is 38.2 Å². The maximum Gasteiger partial charge on any atom is 0.336 e. The first-order valence-electron chi connectivity index (χ1n) is 8.34. The lowest BCUT2D eigenvalue weighted by Gasteiger charge is -1.98. The molecule has 0 saturated carbocycles. The number of hydrogen-bond donors (Lipinski definition) is 1. The molecule has 1 aromatic carbocycles. The van der Waals surface area contributed by atoms with Crippen molar-refractivity contribution in [3.05, 3.63) is 46.8 Å². The minimum atomic E-state index is -0.663. The second kappa shape index (κ2) is 11.5. The summed E-state index contributed by atoms with van der Waals surface area (Å²) in [7, 11) is 0. The molecule has 23 heavy (non-hydrogen) atoms. The molecule has 2 aromatic rings. The van der Waals surface area contributed by atoms with Crippen LogP contribution in [0.1, 0.15) is 58.3 Å². The third-order valence-electron chi connectivity index (χ3n) is 3.52. The lowest BCUT2D eigenvalue weighted by Crippen LogP contribution is -1.93. The molecule has 0 fully saturated rings. The van der Waals surface area contributed by atoms with Crippen LogP contribution in [0.2, 0.25) is 0 Å². The summed E-state index contributed by atoms with van der Waals surface area (Å²) in [5.74, 6) is -0.663. The predicted octanol–water partition coefficient (Wildman–Crippen LogP) is 5.00. The third-order valence-corrected chi connectivity index (χ3v) is 3.52. The van der Waals surface area contributed by atoms with Gasteiger partial charge in [-0.3, -0.25) is 4.79 Å². The number of para-hydroxylation sites is 1. The van der Waals surface area contributed by atoms with Gasteiger partial charge in [0, 0.05) is 17.9 Å². The zero-order chi connectivity index (χ0) is 16.9. The molecule has 0 spiro atoms. The Balaban J connectivity index is 0.000000230. The maximum atomic E-state index is 10.7. The second-order valence-electron chi connectivity index (χ2n) is 5.56. The van der Waals surface area contributed by atoms with Crippen LogP contribution >= 0.6 is 0 Å². The van der Waals surface area contributed by atoms with Gasteiger partial charge in [-0.1, -0.05) is 63.6 Å². The van der Waals surface area contributed by atoms with Crippen LogP contribution < -0.4 is 5.63 Å². The summed E-state index contributed by atoms with van der Waals surface area (Å²) in [4.78, 5) is 20.9. The molecule has 0 atom stereocenters. The fourth-order valence-corrected chi connectivity index (χ4v) is 2.24. The van der Waals surface area contributed by atoms with E-state index in [-0.39, 0.29) is 5.63 Å². The number of fused-ring (bicyclic) bond motifs is 1. The molecule has 0 aliphatic heterocycles. The van der Waals surface area contributed by atoms with Gasteiger partial charge in [0.25, 0.3) is 0 Å². The molecule has 0 aliphatic rings. The summed E-state index contributed by atoms with van der Waals surface area (Å²) in [6, 6.07) is 10.6. The molecule has 1 aromatic heterocycles. The highest BCUT2D eigenvalue weighted by atomic mass is 16.4. The highest BCUT2D eigenvalue weighted by Crippen LogP contribution is 2.09. The van der Waals surface area contributed by atoms with Crippen molar-refractivity contribution in [3.63, 3.8) is 0 Å². The van der Waals surface area contributed by atoms with Crippen molar-refractivity contribution < 1.29 is 14.3 Å². The van der Waals surface area contributed by atoms with Crippen LogP contribution in [0.4, 0.5) is 0 Å². The van der Waals surface area contributed by atoms with E-state index in [9.17, 15) is 9.59 Å². The largest absolute Gasteiger partial charge is 0.481 e. The molecule has 0 aliphatic carbocycles. The Kier molecular flexibility index (Phi) is 9.45. The van der Waals surface area contributed by atoms with Crippen molar-refractivity contribution in [2.75, 3.05) is 0 Å². The van der Waals surface area contributed by atoms with Gasteiger partial charge in [-0.25, -0.2) is 4.79 Å². The van der Waals surface area contributed by atoms with E-state index in [1.807, 2.05) is 18.2 Å². The number of aliphatic carboxylic acids is 1. The van der Waals surface area contributed by atoms with E-state index >= 15 is 0 Å². The first kappa shape index (κ1) is 18.9. The fourth-order valence-electron chi connectivity index (χ4n) is 2.24. The minimum absolute atomic E-state index is 0.302. The van der Waals surface area contributed by atoms with E-state index in [0.717, 1.165) is 18.2 Å². The normalized spacial score (nSPS) is 10.1. The van der Waals surface area contributed by atoms with Crippen molar-refractivity contribution in [2.24, 2.45) is 0 Å². The molecule has 0 unspecified atom stereocenters. The molecule has 1 heterocycles. The topological polar surface area (TPSA) is 67.5 Å². The molecule has 0 amide bonds. The van der Waals surface area contributed by atoms with Crippen molar-refractivity contribution in [3.8, 4) is 0 Å². The van der Waals surface area contributed by atoms with Crippen molar-refractivity contribution in [1.82, 2.24) is 0 Å². The van der Waals surface area contributed by atoms with Gasteiger partial charge in [0.05, 0.1) is 0 Å². The van der Waals surface area contributed by atoms with Gasteiger partial charge in [0.1, 0.15) is 5.58 Å². The summed E-state index contributed by atoms with van der Waals surface area (Å²) in [5, 5.41) is 9.31. The Hall–Kier alpha value is -2.10. The van der Waals surface area contributed by atoms with Crippen LogP contribution in [-0.2, 0) is 4.79 Å². The van der Waals surface area contributed by atoms with Crippen LogP contribution in [0.5, 0.6) is 0 Å². The van der Waals surface area contributed by atoms with Gasteiger partial charge in [0.15, 0.2) is 0 Å². The monoisotopic (exact) mass is 318 g/mol. The van der Waals surface area contributed by atoms with Crippen LogP contribution in [0, 0.1) is 0 Å². The molecule has 0 saturated heterocycles. The standard InChI is InChI=1S/C10H20O2.C9H6O2/c1-2-3-4-5-6-7-8-9-10(11)12;10-9-6-5-7-3-1-2-4-8(7)11-9/h2-9H2,1H3,(H,11,12);1-6H. The van der Waals surface area contributed by atoms with Crippen molar-refractivity contribution >= 4 is 16.9 Å². The molecule has 4 nitrogen and oxygen atoms in total. The number of carboxylic acid groups (broad SMARTS) is 1. The lowest BCUT2D eigenvalue weighted by atomic mass is 10.1. The van der Waals surface area contributed by atoms with Gasteiger partial charge in [-0.2, -0.15) is 0 Å².